The van der Waals surface area contributed by atoms with Crippen LogP contribution < -0.4 is 14.2 Å². The maximum absolute atomic E-state index is 14.4. The van der Waals surface area contributed by atoms with Gasteiger partial charge in [0, 0.05) is 16.1 Å². The lowest BCUT2D eigenvalue weighted by Gasteiger charge is -2.27. The number of aliphatic carboxylic acids is 1. The quantitative estimate of drug-likeness (QED) is 0.498. The molecule has 0 saturated heterocycles. The number of carbonyl (C=O) groups is 1. The van der Waals surface area contributed by atoms with E-state index in [9.17, 15) is 9.18 Å². The molecule has 5 nitrogen and oxygen atoms in total. The van der Waals surface area contributed by atoms with Crippen molar-refractivity contribution in [1.82, 2.24) is 0 Å². The van der Waals surface area contributed by atoms with Crippen molar-refractivity contribution in [2.45, 2.75) is 19.4 Å². The maximum Gasteiger partial charge on any atom is 0.306 e. The smallest absolute Gasteiger partial charge is 0.306 e. The first-order valence-corrected chi connectivity index (χ1v) is 10.5. The number of carboxylic acid groups (broad SMARTS) is 1. The van der Waals surface area contributed by atoms with Gasteiger partial charge in [-0.2, -0.15) is 0 Å². The highest BCUT2D eigenvalue weighted by molar-refractivity contribution is 6.33. The van der Waals surface area contributed by atoms with Gasteiger partial charge < -0.3 is 19.3 Å². The molecular weight excluding hydrogens is 435 g/mol. The first kappa shape index (κ1) is 22.0. The van der Waals surface area contributed by atoms with E-state index in [4.69, 9.17) is 30.9 Å². The minimum Gasteiger partial charge on any atom is -0.497 e. The molecule has 166 valence electrons. The van der Waals surface area contributed by atoms with Crippen molar-refractivity contribution in [3.8, 4) is 28.4 Å². The van der Waals surface area contributed by atoms with Gasteiger partial charge in [-0.3, -0.25) is 4.79 Å². The van der Waals surface area contributed by atoms with Crippen LogP contribution in [0.15, 0.2) is 54.6 Å². The van der Waals surface area contributed by atoms with Crippen molar-refractivity contribution in [2.75, 3.05) is 13.7 Å². The normalized spacial score (nSPS) is 15.8. The number of hydrogen-bond acceptors (Lipinski definition) is 4. The van der Waals surface area contributed by atoms with Gasteiger partial charge in [0.15, 0.2) is 17.6 Å². The summed E-state index contributed by atoms with van der Waals surface area (Å²) in [5, 5.41) is 9.53. The predicted molar refractivity (Wildman–Crippen MR) is 119 cm³/mol. The first-order valence-electron chi connectivity index (χ1n) is 10.1. The van der Waals surface area contributed by atoms with Crippen LogP contribution in [0.1, 0.15) is 24.2 Å². The van der Waals surface area contributed by atoms with Crippen molar-refractivity contribution in [3.05, 3.63) is 76.6 Å². The van der Waals surface area contributed by atoms with Crippen LogP contribution >= 0.6 is 11.6 Å². The lowest BCUT2D eigenvalue weighted by molar-refractivity contribution is -0.141. The molecule has 0 unspecified atom stereocenters. The number of carboxylic acids is 1. The largest absolute Gasteiger partial charge is 0.497 e. The fourth-order valence-corrected chi connectivity index (χ4v) is 3.93. The Morgan fingerprint density at radius 2 is 1.97 bits per heavy atom. The van der Waals surface area contributed by atoms with Gasteiger partial charge in [-0.05, 0) is 53.9 Å². The summed E-state index contributed by atoms with van der Waals surface area (Å²) in [6.07, 6.45) is -0.0140. The van der Waals surface area contributed by atoms with Crippen LogP contribution in [0.3, 0.4) is 0 Å². The van der Waals surface area contributed by atoms with Gasteiger partial charge in [-0.15, -0.1) is 0 Å². The van der Waals surface area contributed by atoms with Crippen molar-refractivity contribution >= 4 is 17.6 Å². The van der Waals surface area contributed by atoms with E-state index in [0.717, 1.165) is 11.1 Å². The predicted octanol–water partition coefficient (Wildman–Crippen LogP) is 5.93. The zero-order chi connectivity index (χ0) is 22.8. The second kappa shape index (κ2) is 9.09. The molecule has 0 aromatic heterocycles. The van der Waals surface area contributed by atoms with E-state index in [-0.39, 0.29) is 0 Å². The highest BCUT2D eigenvalue weighted by Crippen LogP contribution is 2.39. The zero-order valence-corrected chi connectivity index (χ0v) is 18.4. The van der Waals surface area contributed by atoms with E-state index >= 15 is 0 Å². The summed E-state index contributed by atoms with van der Waals surface area (Å²) in [4.78, 5) is 11.1. The van der Waals surface area contributed by atoms with Gasteiger partial charge in [0.25, 0.3) is 0 Å². The van der Waals surface area contributed by atoms with Crippen LogP contribution in [0, 0.1) is 11.7 Å². The Hall–Kier alpha value is -3.25. The number of hydrogen-bond donors (Lipinski definition) is 1. The van der Waals surface area contributed by atoms with E-state index in [0.29, 0.717) is 46.4 Å². The van der Waals surface area contributed by atoms with Gasteiger partial charge in [0.05, 0.1) is 13.0 Å². The fourth-order valence-electron chi connectivity index (χ4n) is 3.64. The van der Waals surface area contributed by atoms with Crippen LogP contribution in [0.2, 0.25) is 5.02 Å². The first-order chi connectivity index (χ1) is 15.4. The number of halogens is 2. The Balaban J connectivity index is 1.57. The molecular formula is C25H22ClFO5. The van der Waals surface area contributed by atoms with Gasteiger partial charge in [-0.25, -0.2) is 4.39 Å². The average Bonchev–Trinajstić information content (AvgIpc) is 2.79. The maximum atomic E-state index is 14.4. The SMILES string of the molecule is COc1ccc(F)c(-c2ccc([C@@H]3COc4ccc(C[C@H](C)C(=O)O)cc4O3)cc2Cl)c1. The number of ether oxygens (including phenoxy) is 3. The standard InChI is InChI=1S/C25H22ClFO5/c1-14(25(28)29)9-15-3-8-22-23(10-15)32-24(13-31-22)16-4-6-18(20(26)11-16)19-12-17(30-2)5-7-21(19)27/h3-8,10-12,14,24H,9,13H2,1-2H3,(H,28,29)/t14-,24-/m0/s1. The van der Waals surface area contributed by atoms with Gasteiger partial charge in [0.2, 0.25) is 0 Å². The molecule has 32 heavy (non-hydrogen) atoms. The Bertz CT molecular complexity index is 1160. The Kier molecular flexibility index (Phi) is 6.24. The number of rotatable bonds is 6. The lowest BCUT2D eigenvalue weighted by atomic mass is 9.99. The van der Waals surface area contributed by atoms with E-state index in [1.807, 2.05) is 18.2 Å². The molecule has 1 aliphatic rings. The highest BCUT2D eigenvalue weighted by Gasteiger charge is 2.24. The van der Waals surface area contributed by atoms with Crippen LogP contribution in [0.5, 0.6) is 17.2 Å². The van der Waals surface area contributed by atoms with Crippen molar-refractivity contribution in [2.24, 2.45) is 5.92 Å². The topological polar surface area (TPSA) is 65.0 Å². The van der Waals surface area contributed by atoms with Crippen LogP contribution in [-0.2, 0) is 11.2 Å². The Labute approximate surface area is 190 Å². The molecule has 0 spiro atoms. The average molecular weight is 457 g/mol. The fraction of sp³-hybridized carbons (Fsp3) is 0.240. The molecule has 1 aliphatic heterocycles. The lowest BCUT2D eigenvalue weighted by Crippen LogP contribution is -2.22. The third-order valence-electron chi connectivity index (χ3n) is 5.46. The van der Waals surface area contributed by atoms with Gasteiger partial charge in [-0.1, -0.05) is 36.7 Å². The monoisotopic (exact) mass is 456 g/mol. The van der Waals surface area contributed by atoms with E-state index in [1.165, 1.54) is 13.2 Å². The molecule has 0 aliphatic carbocycles. The van der Waals surface area contributed by atoms with Gasteiger partial charge >= 0.3 is 5.97 Å². The minimum absolute atomic E-state index is 0.293. The highest BCUT2D eigenvalue weighted by atomic mass is 35.5. The van der Waals surface area contributed by atoms with Gasteiger partial charge in [0.1, 0.15) is 18.2 Å². The summed E-state index contributed by atoms with van der Waals surface area (Å²) < 4.78 is 31.5. The molecule has 0 saturated carbocycles. The van der Waals surface area contributed by atoms with Crippen molar-refractivity contribution < 1.29 is 28.5 Å². The second-order valence-corrected chi connectivity index (χ2v) is 8.13. The number of methoxy groups -OCH3 is 1. The van der Waals surface area contributed by atoms with Crippen LogP contribution in [0.25, 0.3) is 11.1 Å². The van der Waals surface area contributed by atoms with Crippen LogP contribution in [-0.4, -0.2) is 24.8 Å². The van der Waals surface area contributed by atoms with Crippen molar-refractivity contribution in [3.63, 3.8) is 0 Å². The number of benzene rings is 3. The summed E-state index contributed by atoms with van der Waals surface area (Å²) >= 11 is 6.50. The summed E-state index contributed by atoms with van der Waals surface area (Å²) in [5.74, 6) is -0.0499. The molecule has 3 aromatic carbocycles. The molecule has 4 rings (SSSR count). The molecule has 1 heterocycles. The summed E-state index contributed by atoms with van der Waals surface area (Å²) in [6, 6.07) is 15.3. The minimum atomic E-state index is -0.847. The summed E-state index contributed by atoms with van der Waals surface area (Å²) in [7, 11) is 1.52. The molecule has 1 N–H and O–H groups in total. The molecule has 0 amide bonds. The Morgan fingerprint density at radius 3 is 2.69 bits per heavy atom. The molecule has 2 atom stereocenters. The van der Waals surface area contributed by atoms with Crippen molar-refractivity contribution in [1.29, 1.82) is 0 Å². The molecule has 3 aromatic rings. The zero-order valence-electron chi connectivity index (χ0n) is 17.6. The third kappa shape index (κ3) is 4.50. The summed E-state index contributed by atoms with van der Waals surface area (Å²) in [5.41, 5.74) is 2.54. The second-order valence-electron chi connectivity index (χ2n) is 7.73. The number of fused-ring (bicyclic) bond motifs is 1. The summed E-state index contributed by atoms with van der Waals surface area (Å²) in [6.45, 7) is 1.96. The van der Waals surface area contributed by atoms with E-state index in [2.05, 4.69) is 0 Å². The van der Waals surface area contributed by atoms with E-state index < -0.39 is 23.8 Å². The molecule has 0 fully saturated rings. The molecule has 0 bridgehead atoms. The molecule has 0 radical (unpaired) electrons. The molecule has 7 heteroatoms. The van der Waals surface area contributed by atoms with Crippen LogP contribution in [0.4, 0.5) is 4.39 Å². The third-order valence-corrected chi connectivity index (χ3v) is 5.77. The Morgan fingerprint density at radius 1 is 1.16 bits per heavy atom. The van der Waals surface area contributed by atoms with E-state index in [1.54, 1.807) is 37.3 Å².